The highest BCUT2D eigenvalue weighted by molar-refractivity contribution is 5.78. The zero-order valence-corrected chi connectivity index (χ0v) is 13.8. The Morgan fingerprint density at radius 3 is 2.88 bits per heavy atom. The zero-order chi connectivity index (χ0) is 18.6. The predicted molar refractivity (Wildman–Crippen MR) is 87.0 cm³/mol. The standard InChI is InChI=1S/C18H17F3N2O3/c19-18(20,21)11-26-17-9-13(3-5-22-17)10-23-16(24)8-12-1-2-15-14(7-12)4-6-25-15/h1-3,5,7,9H,4,6,8,10-11H2,(H,23,24). The normalized spacial score (nSPS) is 13.0. The number of pyridine rings is 1. The van der Waals surface area contributed by atoms with Gasteiger partial charge in [-0.05, 0) is 28.8 Å². The van der Waals surface area contributed by atoms with Gasteiger partial charge in [0.1, 0.15) is 5.75 Å². The van der Waals surface area contributed by atoms with E-state index < -0.39 is 12.8 Å². The first-order chi connectivity index (χ1) is 12.4. The third kappa shape index (κ3) is 5.11. The number of rotatable bonds is 6. The van der Waals surface area contributed by atoms with Crippen LogP contribution in [0.4, 0.5) is 13.2 Å². The first-order valence-corrected chi connectivity index (χ1v) is 8.05. The molecule has 0 radical (unpaired) electrons. The van der Waals surface area contributed by atoms with Crippen molar-refractivity contribution in [3.05, 3.63) is 53.2 Å². The van der Waals surface area contributed by atoms with Crippen LogP contribution >= 0.6 is 0 Å². The van der Waals surface area contributed by atoms with Gasteiger partial charge in [-0.3, -0.25) is 4.79 Å². The van der Waals surface area contributed by atoms with Crippen molar-refractivity contribution < 1.29 is 27.4 Å². The van der Waals surface area contributed by atoms with Crippen LogP contribution in [0.1, 0.15) is 16.7 Å². The monoisotopic (exact) mass is 366 g/mol. The molecule has 0 fully saturated rings. The van der Waals surface area contributed by atoms with Gasteiger partial charge in [-0.1, -0.05) is 12.1 Å². The maximum absolute atomic E-state index is 12.2. The van der Waals surface area contributed by atoms with Crippen molar-refractivity contribution in [2.45, 2.75) is 25.6 Å². The van der Waals surface area contributed by atoms with Crippen LogP contribution < -0.4 is 14.8 Å². The summed E-state index contributed by atoms with van der Waals surface area (Å²) in [5.74, 6) is 0.545. The minimum atomic E-state index is -4.42. The predicted octanol–water partition coefficient (Wildman–Crippen LogP) is 2.82. The van der Waals surface area contributed by atoms with Crippen LogP contribution in [-0.2, 0) is 24.2 Å². The molecule has 138 valence electrons. The Kier molecular flexibility index (Phi) is 5.29. The Labute approximate surface area is 148 Å². The van der Waals surface area contributed by atoms with Crippen molar-refractivity contribution in [3.63, 3.8) is 0 Å². The van der Waals surface area contributed by atoms with E-state index in [0.717, 1.165) is 23.3 Å². The zero-order valence-electron chi connectivity index (χ0n) is 13.8. The molecule has 1 N–H and O–H groups in total. The molecule has 0 saturated heterocycles. The maximum Gasteiger partial charge on any atom is 0.422 e. The maximum atomic E-state index is 12.2. The first-order valence-electron chi connectivity index (χ1n) is 8.05. The molecular formula is C18H17F3N2O3. The van der Waals surface area contributed by atoms with Crippen LogP contribution in [0.3, 0.4) is 0 Å². The molecule has 0 saturated carbocycles. The Bertz CT molecular complexity index is 793. The molecule has 1 aromatic carbocycles. The second-order valence-corrected chi connectivity index (χ2v) is 5.90. The van der Waals surface area contributed by atoms with Crippen LogP contribution in [0.25, 0.3) is 0 Å². The van der Waals surface area contributed by atoms with E-state index >= 15 is 0 Å². The molecule has 8 heteroatoms. The molecule has 2 aromatic rings. The molecule has 1 aromatic heterocycles. The van der Waals surface area contributed by atoms with E-state index in [9.17, 15) is 18.0 Å². The van der Waals surface area contributed by atoms with Gasteiger partial charge in [-0.25, -0.2) is 4.98 Å². The van der Waals surface area contributed by atoms with E-state index in [1.54, 1.807) is 6.07 Å². The Morgan fingerprint density at radius 1 is 1.23 bits per heavy atom. The van der Waals surface area contributed by atoms with E-state index in [0.29, 0.717) is 12.2 Å². The van der Waals surface area contributed by atoms with Gasteiger partial charge in [0.05, 0.1) is 13.0 Å². The summed E-state index contributed by atoms with van der Waals surface area (Å²) < 4.78 is 46.5. The third-order valence-corrected chi connectivity index (χ3v) is 3.79. The molecule has 0 spiro atoms. The number of hydrogen-bond donors (Lipinski definition) is 1. The molecule has 5 nitrogen and oxygen atoms in total. The number of alkyl halides is 3. The summed E-state index contributed by atoms with van der Waals surface area (Å²) in [7, 11) is 0. The molecule has 2 heterocycles. The topological polar surface area (TPSA) is 60.5 Å². The highest BCUT2D eigenvalue weighted by Gasteiger charge is 2.28. The molecule has 3 rings (SSSR count). The SMILES string of the molecule is O=C(Cc1ccc2c(c1)CCO2)NCc1ccnc(OCC(F)(F)F)c1. The van der Waals surface area contributed by atoms with Crippen molar-refractivity contribution in [2.75, 3.05) is 13.2 Å². The van der Waals surface area contributed by atoms with Crippen LogP contribution in [0.5, 0.6) is 11.6 Å². The summed E-state index contributed by atoms with van der Waals surface area (Å²) in [4.78, 5) is 15.8. The molecule has 1 aliphatic rings. The third-order valence-electron chi connectivity index (χ3n) is 3.79. The number of aromatic nitrogens is 1. The Balaban J connectivity index is 1.51. The number of amides is 1. The second kappa shape index (κ2) is 7.63. The molecule has 1 aliphatic heterocycles. The number of nitrogens with one attached hydrogen (secondary N) is 1. The number of ether oxygens (including phenoxy) is 2. The smallest absolute Gasteiger partial charge is 0.422 e. The van der Waals surface area contributed by atoms with Gasteiger partial charge < -0.3 is 14.8 Å². The van der Waals surface area contributed by atoms with Gasteiger partial charge in [0.15, 0.2) is 6.61 Å². The molecule has 0 bridgehead atoms. The number of carbonyl (C=O) groups is 1. The minimum Gasteiger partial charge on any atom is -0.493 e. The number of nitrogens with zero attached hydrogens (tertiary/aromatic N) is 1. The molecule has 0 aliphatic carbocycles. The summed E-state index contributed by atoms with van der Waals surface area (Å²) in [5, 5.41) is 2.74. The lowest BCUT2D eigenvalue weighted by molar-refractivity contribution is -0.154. The quantitative estimate of drug-likeness (QED) is 0.854. The van der Waals surface area contributed by atoms with Crippen molar-refractivity contribution in [1.29, 1.82) is 0 Å². The second-order valence-electron chi connectivity index (χ2n) is 5.90. The van der Waals surface area contributed by atoms with Gasteiger partial charge in [0, 0.05) is 25.2 Å². The van der Waals surface area contributed by atoms with Gasteiger partial charge in [-0.15, -0.1) is 0 Å². The highest BCUT2D eigenvalue weighted by Crippen LogP contribution is 2.26. The number of carbonyl (C=O) groups excluding carboxylic acids is 1. The number of fused-ring (bicyclic) bond motifs is 1. The summed E-state index contributed by atoms with van der Waals surface area (Å²) in [6.45, 7) is -0.568. The van der Waals surface area contributed by atoms with E-state index in [1.165, 1.54) is 12.3 Å². The van der Waals surface area contributed by atoms with E-state index in [4.69, 9.17) is 4.74 Å². The summed E-state index contributed by atoms with van der Waals surface area (Å²) in [6, 6.07) is 8.64. The lowest BCUT2D eigenvalue weighted by Gasteiger charge is -2.10. The fourth-order valence-corrected chi connectivity index (χ4v) is 2.59. The Morgan fingerprint density at radius 2 is 2.08 bits per heavy atom. The molecule has 1 amide bonds. The lowest BCUT2D eigenvalue weighted by Crippen LogP contribution is -2.24. The number of benzene rings is 1. The number of halogens is 3. The molecule has 0 atom stereocenters. The van der Waals surface area contributed by atoms with E-state index in [2.05, 4.69) is 15.0 Å². The van der Waals surface area contributed by atoms with Gasteiger partial charge in [-0.2, -0.15) is 13.2 Å². The average molecular weight is 366 g/mol. The van der Waals surface area contributed by atoms with Crippen molar-refractivity contribution in [1.82, 2.24) is 10.3 Å². The van der Waals surface area contributed by atoms with Crippen molar-refractivity contribution in [3.8, 4) is 11.6 Å². The van der Waals surface area contributed by atoms with Crippen LogP contribution in [0.2, 0.25) is 0 Å². The summed E-state index contributed by atoms with van der Waals surface area (Å²) >= 11 is 0. The van der Waals surface area contributed by atoms with Gasteiger partial charge in [0.25, 0.3) is 0 Å². The lowest BCUT2D eigenvalue weighted by atomic mass is 10.1. The van der Waals surface area contributed by atoms with Gasteiger partial charge in [0.2, 0.25) is 11.8 Å². The van der Waals surface area contributed by atoms with E-state index in [-0.39, 0.29) is 24.8 Å². The first kappa shape index (κ1) is 18.0. The molecule has 0 unspecified atom stereocenters. The fourth-order valence-electron chi connectivity index (χ4n) is 2.59. The molecular weight excluding hydrogens is 349 g/mol. The van der Waals surface area contributed by atoms with Gasteiger partial charge >= 0.3 is 6.18 Å². The minimum absolute atomic E-state index is 0.132. The highest BCUT2D eigenvalue weighted by atomic mass is 19.4. The average Bonchev–Trinajstić information content (AvgIpc) is 3.06. The van der Waals surface area contributed by atoms with Crippen molar-refractivity contribution >= 4 is 5.91 Å². The summed E-state index contributed by atoms with van der Waals surface area (Å²) in [5.41, 5.74) is 2.58. The molecule has 26 heavy (non-hydrogen) atoms. The van der Waals surface area contributed by atoms with Crippen molar-refractivity contribution in [2.24, 2.45) is 0 Å². The van der Waals surface area contributed by atoms with Crippen LogP contribution in [0, 0.1) is 0 Å². The summed E-state index contributed by atoms with van der Waals surface area (Å²) in [6.07, 6.45) is -2.03. The largest absolute Gasteiger partial charge is 0.493 e. The van der Waals surface area contributed by atoms with Crippen LogP contribution in [0.15, 0.2) is 36.5 Å². The Hall–Kier alpha value is -2.77. The number of hydrogen-bond acceptors (Lipinski definition) is 4. The fraction of sp³-hybridized carbons (Fsp3) is 0.333. The van der Waals surface area contributed by atoms with Crippen LogP contribution in [-0.4, -0.2) is 30.3 Å². The van der Waals surface area contributed by atoms with E-state index in [1.807, 2.05) is 18.2 Å².